The highest BCUT2D eigenvalue weighted by atomic mass is 19.1. The van der Waals surface area contributed by atoms with Gasteiger partial charge in [-0.05, 0) is 24.7 Å². The van der Waals surface area contributed by atoms with E-state index < -0.39 is 0 Å². The van der Waals surface area contributed by atoms with Crippen molar-refractivity contribution >= 4 is 5.82 Å². The zero-order valence-electron chi connectivity index (χ0n) is 11.2. The number of aromatic nitrogens is 2. The van der Waals surface area contributed by atoms with Gasteiger partial charge in [-0.3, -0.25) is 0 Å². The molecule has 1 aliphatic carbocycles. The molecular formula is C14H22FN3. The van der Waals surface area contributed by atoms with Crippen LogP contribution in [0.3, 0.4) is 0 Å². The normalized spacial score (nSPS) is 23.9. The predicted octanol–water partition coefficient (Wildman–Crippen LogP) is 3.42. The lowest BCUT2D eigenvalue weighted by Crippen LogP contribution is -2.25. The van der Waals surface area contributed by atoms with Gasteiger partial charge < -0.3 is 5.32 Å². The van der Waals surface area contributed by atoms with Crippen molar-refractivity contribution in [3.8, 4) is 0 Å². The van der Waals surface area contributed by atoms with E-state index in [1.165, 1.54) is 32.0 Å². The molecule has 1 N–H and O–H groups in total. The quantitative estimate of drug-likeness (QED) is 0.891. The first kappa shape index (κ1) is 13.2. The van der Waals surface area contributed by atoms with E-state index in [2.05, 4.69) is 22.2 Å². The van der Waals surface area contributed by atoms with Crippen LogP contribution < -0.4 is 5.32 Å². The molecule has 1 aliphatic rings. The van der Waals surface area contributed by atoms with Crippen molar-refractivity contribution in [2.24, 2.45) is 11.8 Å². The summed E-state index contributed by atoms with van der Waals surface area (Å²) >= 11 is 0. The maximum atomic E-state index is 13.9. The zero-order valence-corrected chi connectivity index (χ0v) is 11.2. The molecule has 0 amide bonds. The lowest BCUT2D eigenvalue weighted by Gasteiger charge is -2.29. The third-order valence-corrected chi connectivity index (χ3v) is 4.02. The summed E-state index contributed by atoms with van der Waals surface area (Å²) in [6.07, 6.45) is 7.19. The minimum Gasteiger partial charge on any atom is -0.367 e. The van der Waals surface area contributed by atoms with Gasteiger partial charge in [-0.15, -0.1) is 0 Å². The van der Waals surface area contributed by atoms with Gasteiger partial charge in [0.05, 0.1) is 5.69 Å². The Kier molecular flexibility index (Phi) is 4.50. The number of hydrogen-bond donors (Lipinski definition) is 1. The van der Waals surface area contributed by atoms with Crippen LogP contribution in [0.4, 0.5) is 10.2 Å². The zero-order chi connectivity index (χ0) is 13.0. The highest BCUT2D eigenvalue weighted by Crippen LogP contribution is 2.29. The summed E-state index contributed by atoms with van der Waals surface area (Å²) in [7, 11) is 0. The molecular weight excluding hydrogens is 229 g/mol. The molecule has 18 heavy (non-hydrogen) atoms. The fraction of sp³-hybridized carbons (Fsp3) is 0.714. The van der Waals surface area contributed by atoms with Gasteiger partial charge in [0.25, 0.3) is 0 Å². The third kappa shape index (κ3) is 2.98. The van der Waals surface area contributed by atoms with E-state index in [9.17, 15) is 4.39 Å². The Balaban J connectivity index is 1.97. The lowest BCUT2D eigenvalue weighted by atomic mass is 9.80. The molecule has 1 heterocycles. The summed E-state index contributed by atoms with van der Waals surface area (Å²) < 4.78 is 13.9. The SMILES string of the molecule is CCc1ncnc(NCC2CCCCC2C)c1F. The van der Waals surface area contributed by atoms with Crippen LogP contribution in [0.5, 0.6) is 0 Å². The van der Waals surface area contributed by atoms with Crippen LogP contribution in [-0.2, 0) is 6.42 Å². The number of aryl methyl sites for hydroxylation is 1. The van der Waals surface area contributed by atoms with Crippen LogP contribution in [0.15, 0.2) is 6.33 Å². The third-order valence-electron chi connectivity index (χ3n) is 4.02. The first-order valence-electron chi connectivity index (χ1n) is 6.95. The van der Waals surface area contributed by atoms with E-state index in [1.807, 2.05) is 6.92 Å². The van der Waals surface area contributed by atoms with Gasteiger partial charge in [0.1, 0.15) is 6.33 Å². The summed E-state index contributed by atoms with van der Waals surface area (Å²) in [5.74, 6) is 1.43. The maximum absolute atomic E-state index is 13.9. The van der Waals surface area contributed by atoms with Crippen LogP contribution in [0, 0.1) is 17.7 Å². The van der Waals surface area contributed by atoms with Crippen LogP contribution >= 0.6 is 0 Å². The van der Waals surface area contributed by atoms with Gasteiger partial charge in [-0.25, -0.2) is 14.4 Å². The molecule has 100 valence electrons. The van der Waals surface area contributed by atoms with E-state index in [1.54, 1.807) is 0 Å². The molecule has 1 aromatic heterocycles. The van der Waals surface area contributed by atoms with E-state index in [0.717, 1.165) is 12.5 Å². The Bertz CT molecular complexity index is 395. The average Bonchev–Trinajstić information content (AvgIpc) is 2.39. The smallest absolute Gasteiger partial charge is 0.186 e. The van der Waals surface area contributed by atoms with Crippen LogP contribution in [0.2, 0.25) is 0 Å². The van der Waals surface area contributed by atoms with Crippen molar-refractivity contribution in [1.82, 2.24) is 9.97 Å². The number of anilines is 1. The molecule has 0 aliphatic heterocycles. The molecule has 0 radical (unpaired) electrons. The Labute approximate surface area is 108 Å². The highest BCUT2D eigenvalue weighted by Gasteiger charge is 2.21. The van der Waals surface area contributed by atoms with Crippen molar-refractivity contribution in [3.05, 3.63) is 17.8 Å². The standard InChI is InChI=1S/C14H22FN3/c1-3-12-13(15)14(18-9-17-12)16-8-11-7-5-4-6-10(11)2/h9-11H,3-8H2,1-2H3,(H,16,17,18). The number of rotatable bonds is 4. The second-order valence-electron chi connectivity index (χ2n) is 5.24. The van der Waals surface area contributed by atoms with Crippen molar-refractivity contribution in [1.29, 1.82) is 0 Å². The summed E-state index contributed by atoms with van der Waals surface area (Å²) in [6.45, 7) is 5.01. The van der Waals surface area contributed by atoms with Gasteiger partial charge in [-0.1, -0.05) is 33.1 Å². The molecule has 0 saturated heterocycles. The minimum absolute atomic E-state index is 0.288. The van der Waals surface area contributed by atoms with Crippen molar-refractivity contribution in [2.45, 2.75) is 46.0 Å². The molecule has 2 rings (SSSR count). The van der Waals surface area contributed by atoms with E-state index in [4.69, 9.17) is 0 Å². The molecule has 0 bridgehead atoms. The van der Waals surface area contributed by atoms with Crippen molar-refractivity contribution in [3.63, 3.8) is 0 Å². The van der Waals surface area contributed by atoms with Crippen LogP contribution in [0.25, 0.3) is 0 Å². The fourth-order valence-electron chi connectivity index (χ4n) is 2.70. The van der Waals surface area contributed by atoms with Gasteiger partial charge in [0.15, 0.2) is 11.6 Å². The molecule has 3 nitrogen and oxygen atoms in total. The Hall–Kier alpha value is -1.19. The number of hydrogen-bond acceptors (Lipinski definition) is 3. The largest absolute Gasteiger partial charge is 0.367 e. The fourth-order valence-corrected chi connectivity index (χ4v) is 2.70. The summed E-state index contributed by atoms with van der Waals surface area (Å²) in [6, 6.07) is 0. The number of nitrogens with one attached hydrogen (secondary N) is 1. The van der Waals surface area contributed by atoms with Gasteiger partial charge in [-0.2, -0.15) is 0 Å². The van der Waals surface area contributed by atoms with Gasteiger partial charge in [0.2, 0.25) is 0 Å². The summed E-state index contributed by atoms with van der Waals surface area (Å²) in [5.41, 5.74) is 0.490. The van der Waals surface area contributed by atoms with Crippen LogP contribution in [-0.4, -0.2) is 16.5 Å². The lowest BCUT2D eigenvalue weighted by molar-refractivity contribution is 0.268. The molecule has 2 unspecified atom stereocenters. The van der Waals surface area contributed by atoms with Crippen molar-refractivity contribution < 1.29 is 4.39 Å². The molecule has 0 spiro atoms. The first-order valence-corrected chi connectivity index (χ1v) is 6.95. The Morgan fingerprint density at radius 2 is 2.11 bits per heavy atom. The summed E-state index contributed by atoms with van der Waals surface area (Å²) in [5, 5.41) is 3.16. The molecule has 0 aromatic carbocycles. The van der Waals surface area contributed by atoms with E-state index in [0.29, 0.717) is 23.9 Å². The van der Waals surface area contributed by atoms with Crippen LogP contribution in [0.1, 0.15) is 45.2 Å². The van der Waals surface area contributed by atoms with E-state index >= 15 is 0 Å². The monoisotopic (exact) mass is 251 g/mol. The van der Waals surface area contributed by atoms with E-state index in [-0.39, 0.29) is 5.82 Å². The minimum atomic E-state index is -0.288. The summed E-state index contributed by atoms with van der Waals surface area (Å²) in [4.78, 5) is 7.94. The molecule has 1 saturated carbocycles. The van der Waals surface area contributed by atoms with Gasteiger partial charge >= 0.3 is 0 Å². The highest BCUT2D eigenvalue weighted by molar-refractivity contribution is 5.37. The Morgan fingerprint density at radius 3 is 2.83 bits per heavy atom. The maximum Gasteiger partial charge on any atom is 0.186 e. The molecule has 2 atom stereocenters. The van der Waals surface area contributed by atoms with Gasteiger partial charge in [0, 0.05) is 6.54 Å². The van der Waals surface area contributed by atoms with Crippen molar-refractivity contribution in [2.75, 3.05) is 11.9 Å². The topological polar surface area (TPSA) is 37.8 Å². The Morgan fingerprint density at radius 1 is 1.33 bits per heavy atom. The number of nitrogens with zero attached hydrogens (tertiary/aromatic N) is 2. The molecule has 4 heteroatoms. The number of halogens is 1. The molecule has 1 fully saturated rings. The predicted molar refractivity (Wildman–Crippen MR) is 71.0 cm³/mol. The first-order chi connectivity index (χ1) is 8.72. The molecule has 1 aromatic rings. The second-order valence-corrected chi connectivity index (χ2v) is 5.24. The second kappa shape index (κ2) is 6.12. The average molecular weight is 251 g/mol.